The summed E-state index contributed by atoms with van der Waals surface area (Å²) in [6, 6.07) is 5.20. The minimum atomic E-state index is 0.739. The van der Waals surface area contributed by atoms with E-state index in [1.807, 2.05) is 11.3 Å². The molecule has 1 aliphatic rings. The van der Waals surface area contributed by atoms with Crippen molar-refractivity contribution < 1.29 is 0 Å². The molecule has 0 aromatic carbocycles. The van der Waals surface area contributed by atoms with E-state index < -0.39 is 0 Å². The Hall–Kier alpha value is 0.140. The van der Waals surface area contributed by atoms with Crippen LogP contribution in [0.1, 0.15) is 43.9 Å². The molecule has 0 aliphatic heterocycles. The van der Waals surface area contributed by atoms with E-state index in [1.165, 1.54) is 47.2 Å². The van der Waals surface area contributed by atoms with Crippen molar-refractivity contribution in [2.45, 2.75) is 51.5 Å². The average molecular weight is 316 g/mol. The van der Waals surface area contributed by atoms with Crippen LogP contribution in [0.15, 0.2) is 15.9 Å². The van der Waals surface area contributed by atoms with E-state index in [2.05, 4.69) is 40.3 Å². The molecule has 2 unspecified atom stereocenters. The van der Waals surface area contributed by atoms with E-state index in [0.29, 0.717) is 0 Å². The number of thiophene rings is 1. The molecule has 1 nitrogen and oxygen atoms in total. The van der Waals surface area contributed by atoms with Crippen LogP contribution in [0.3, 0.4) is 0 Å². The van der Waals surface area contributed by atoms with E-state index in [0.717, 1.165) is 18.5 Å². The number of rotatable bonds is 4. The number of halogens is 1. The Kier molecular flexibility index (Phi) is 5.51. The Bertz CT molecular complexity index is 337. The molecule has 1 fully saturated rings. The first-order chi connectivity index (χ1) is 8.29. The summed E-state index contributed by atoms with van der Waals surface area (Å²) in [6.07, 6.45) is 8.26. The Morgan fingerprint density at radius 2 is 2.12 bits per heavy atom. The number of hydrogen-bond acceptors (Lipinski definition) is 2. The van der Waals surface area contributed by atoms with Crippen LogP contribution in [0.2, 0.25) is 0 Å². The minimum Gasteiger partial charge on any atom is -0.314 e. The SMILES string of the molecule is CCNC1CCCCCC1Cc1ccc(Br)s1. The summed E-state index contributed by atoms with van der Waals surface area (Å²) in [5, 5.41) is 3.69. The van der Waals surface area contributed by atoms with Crippen molar-refractivity contribution in [1.29, 1.82) is 0 Å². The van der Waals surface area contributed by atoms with Gasteiger partial charge in [-0.1, -0.05) is 26.2 Å². The minimum absolute atomic E-state index is 0.739. The molecule has 0 radical (unpaired) electrons. The molecule has 1 aromatic rings. The van der Waals surface area contributed by atoms with E-state index in [1.54, 1.807) is 0 Å². The normalized spacial score (nSPS) is 25.8. The largest absolute Gasteiger partial charge is 0.314 e. The second-order valence-electron chi connectivity index (χ2n) is 4.97. The van der Waals surface area contributed by atoms with Gasteiger partial charge in [0.15, 0.2) is 0 Å². The fourth-order valence-electron chi connectivity index (χ4n) is 2.88. The van der Waals surface area contributed by atoms with Crippen LogP contribution in [-0.2, 0) is 6.42 Å². The first-order valence-corrected chi connectivity index (χ1v) is 8.38. The predicted octanol–water partition coefficient (Wildman–Crippen LogP) is 4.61. The lowest BCUT2D eigenvalue weighted by atomic mass is 9.91. The Balaban J connectivity index is 1.99. The maximum atomic E-state index is 3.69. The second kappa shape index (κ2) is 6.91. The van der Waals surface area contributed by atoms with E-state index in [4.69, 9.17) is 0 Å². The Morgan fingerprint density at radius 3 is 2.82 bits per heavy atom. The van der Waals surface area contributed by atoms with Crippen molar-refractivity contribution in [2.24, 2.45) is 5.92 Å². The average Bonchev–Trinajstić information content (AvgIpc) is 2.58. The quantitative estimate of drug-likeness (QED) is 0.800. The van der Waals surface area contributed by atoms with Gasteiger partial charge < -0.3 is 5.32 Å². The van der Waals surface area contributed by atoms with E-state index >= 15 is 0 Å². The zero-order valence-electron chi connectivity index (χ0n) is 10.5. The molecule has 0 amide bonds. The van der Waals surface area contributed by atoms with Gasteiger partial charge in [0.1, 0.15) is 0 Å². The summed E-state index contributed by atoms with van der Waals surface area (Å²) in [7, 11) is 0. The highest BCUT2D eigenvalue weighted by molar-refractivity contribution is 9.11. The van der Waals surface area contributed by atoms with Crippen LogP contribution in [0.5, 0.6) is 0 Å². The highest BCUT2D eigenvalue weighted by Gasteiger charge is 2.23. The summed E-state index contributed by atoms with van der Waals surface area (Å²) in [4.78, 5) is 1.53. The topological polar surface area (TPSA) is 12.0 Å². The molecule has 0 bridgehead atoms. The molecule has 17 heavy (non-hydrogen) atoms. The number of nitrogens with one attached hydrogen (secondary N) is 1. The molecular formula is C14H22BrNS. The molecule has 2 rings (SSSR count). The van der Waals surface area contributed by atoms with Crippen molar-refractivity contribution in [3.8, 4) is 0 Å². The Morgan fingerprint density at radius 1 is 1.29 bits per heavy atom. The molecule has 96 valence electrons. The van der Waals surface area contributed by atoms with Gasteiger partial charge in [0.25, 0.3) is 0 Å². The van der Waals surface area contributed by atoms with Crippen LogP contribution in [0.25, 0.3) is 0 Å². The van der Waals surface area contributed by atoms with Crippen LogP contribution >= 0.6 is 27.3 Å². The lowest BCUT2D eigenvalue weighted by molar-refractivity contribution is 0.339. The van der Waals surface area contributed by atoms with Gasteiger partial charge in [0.2, 0.25) is 0 Å². The summed E-state index contributed by atoms with van der Waals surface area (Å²) in [5.74, 6) is 0.836. The molecule has 2 atom stereocenters. The molecule has 0 spiro atoms. The summed E-state index contributed by atoms with van der Waals surface area (Å²) < 4.78 is 1.26. The monoisotopic (exact) mass is 315 g/mol. The molecule has 3 heteroatoms. The highest BCUT2D eigenvalue weighted by atomic mass is 79.9. The molecule has 1 saturated carbocycles. The lowest BCUT2D eigenvalue weighted by Crippen LogP contribution is -2.36. The molecular weight excluding hydrogens is 294 g/mol. The van der Waals surface area contributed by atoms with Crippen molar-refractivity contribution in [1.82, 2.24) is 5.32 Å². The number of hydrogen-bond donors (Lipinski definition) is 1. The third-order valence-electron chi connectivity index (χ3n) is 3.72. The zero-order valence-corrected chi connectivity index (χ0v) is 12.9. The fourth-order valence-corrected chi connectivity index (χ4v) is 4.46. The standard InChI is InChI=1S/C14H22BrNS/c1-2-16-13-7-5-3-4-6-11(13)10-12-8-9-14(15)17-12/h8-9,11,13,16H,2-7,10H2,1H3. The lowest BCUT2D eigenvalue weighted by Gasteiger charge is -2.25. The summed E-state index contributed by atoms with van der Waals surface area (Å²) >= 11 is 5.46. The van der Waals surface area contributed by atoms with E-state index in [-0.39, 0.29) is 0 Å². The fraction of sp³-hybridized carbons (Fsp3) is 0.714. The van der Waals surface area contributed by atoms with Crippen LogP contribution in [0, 0.1) is 5.92 Å². The van der Waals surface area contributed by atoms with Gasteiger partial charge in [-0.3, -0.25) is 0 Å². The van der Waals surface area contributed by atoms with Gasteiger partial charge >= 0.3 is 0 Å². The van der Waals surface area contributed by atoms with Gasteiger partial charge in [0, 0.05) is 10.9 Å². The van der Waals surface area contributed by atoms with Crippen molar-refractivity contribution in [3.05, 3.63) is 20.8 Å². The summed E-state index contributed by atoms with van der Waals surface area (Å²) in [5.41, 5.74) is 0. The maximum absolute atomic E-state index is 3.69. The van der Waals surface area contributed by atoms with Crippen LogP contribution in [0.4, 0.5) is 0 Å². The Labute approximate surface area is 117 Å². The predicted molar refractivity (Wildman–Crippen MR) is 79.8 cm³/mol. The first-order valence-electron chi connectivity index (χ1n) is 6.77. The zero-order chi connectivity index (χ0) is 12.1. The molecule has 1 aliphatic carbocycles. The second-order valence-corrected chi connectivity index (χ2v) is 7.52. The third-order valence-corrected chi connectivity index (χ3v) is 5.36. The van der Waals surface area contributed by atoms with Crippen LogP contribution in [-0.4, -0.2) is 12.6 Å². The van der Waals surface area contributed by atoms with Crippen LogP contribution < -0.4 is 5.32 Å². The van der Waals surface area contributed by atoms with Gasteiger partial charge in [0.05, 0.1) is 3.79 Å². The maximum Gasteiger partial charge on any atom is 0.0701 e. The smallest absolute Gasteiger partial charge is 0.0701 e. The highest BCUT2D eigenvalue weighted by Crippen LogP contribution is 2.30. The summed E-state index contributed by atoms with van der Waals surface area (Å²) in [6.45, 7) is 3.33. The van der Waals surface area contributed by atoms with Gasteiger partial charge in [-0.05, 0) is 59.8 Å². The van der Waals surface area contributed by atoms with E-state index in [9.17, 15) is 0 Å². The molecule has 1 heterocycles. The molecule has 1 aromatic heterocycles. The first kappa shape index (κ1) is 13.6. The van der Waals surface area contributed by atoms with Gasteiger partial charge in [-0.2, -0.15) is 0 Å². The van der Waals surface area contributed by atoms with Crippen molar-refractivity contribution in [3.63, 3.8) is 0 Å². The van der Waals surface area contributed by atoms with Gasteiger partial charge in [-0.15, -0.1) is 11.3 Å². The van der Waals surface area contributed by atoms with Gasteiger partial charge in [-0.25, -0.2) is 0 Å². The molecule has 1 N–H and O–H groups in total. The molecule has 0 saturated heterocycles. The van der Waals surface area contributed by atoms with Crippen molar-refractivity contribution in [2.75, 3.05) is 6.54 Å². The van der Waals surface area contributed by atoms with Crippen molar-refractivity contribution >= 4 is 27.3 Å². The third kappa shape index (κ3) is 4.08.